The highest BCUT2D eigenvalue weighted by Crippen LogP contribution is 2.31. The Labute approximate surface area is 118 Å². The molecule has 0 aliphatic heterocycles. The summed E-state index contributed by atoms with van der Waals surface area (Å²) in [4.78, 5) is 27.1. The highest BCUT2D eigenvalue weighted by molar-refractivity contribution is 5.82. The van der Waals surface area contributed by atoms with Gasteiger partial charge in [-0.25, -0.2) is 0 Å². The van der Waals surface area contributed by atoms with Crippen molar-refractivity contribution >= 4 is 11.5 Å². The number of nitro groups is 1. The van der Waals surface area contributed by atoms with Crippen molar-refractivity contribution in [1.82, 2.24) is 4.98 Å². The Morgan fingerprint density at radius 3 is 2.80 bits per heavy atom. The van der Waals surface area contributed by atoms with Crippen molar-refractivity contribution in [3.05, 3.63) is 33.1 Å². The highest BCUT2D eigenvalue weighted by atomic mass is 16.6. The lowest BCUT2D eigenvalue weighted by atomic mass is 9.79. The zero-order valence-electron chi connectivity index (χ0n) is 12.2. The summed E-state index contributed by atoms with van der Waals surface area (Å²) in [6.07, 6.45) is 4.50. The van der Waals surface area contributed by atoms with Gasteiger partial charge in [0, 0.05) is 29.7 Å². The van der Waals surface area contributed by atoms with Gasteiger partial charge in [-0.3, -0.25) is 19.9 Å². The third kappa shape index (κ3) is 2.86. The van der Waals surface area contributed by atoms with Crippen LogP contribution in [0.3, 0.4) is 0 Å². The topological polar surface area (TPSA) is 73.1 Å². The summed E-state index contributed by atoms with van der Waals surface area (Å²) in [5, 5.41) is 11.1. The molecule has 1 heterocycles. The van der Waals surface area contributed by atoms with Crippen LogP contribution >= 0.6 is 0 Å². The van der Waals surface area contributed by atoms with Crippen molar-refractivity contribution < 1.29 is 9.72 Å². The smallest absolute Gasteiger partial charge is 0.278 e. The van der Waals surface area contributed by atoms with E-state index in [9.17, 15) is 14.9 Å². The molecule has 2 atom stereocenters. The molecular weight excluding hydrogens is 256 g/mol. The fourth-order valence-corrected chi connectivity index (χ4v) is 3.01. The molecule has 1 aromatic heterocycles. The van der Waals surface area contributed by atoms with Crippen molar-refractivity contribution in [3.8, 4) is 0 Å². The fourth-order valence-electron chi connectivity index (χ4n) is 3.01. The maximum absolute atomic E-state index is 12.0. The maximum atomic E-state index is 12.0. The second kappa shape index (κ2) is 5.69. The standard InChI is InChI=1S/C15H20N2O3/c1-9-4-5-14(18)12(6-9)7-13-11(3)15(17(19)20)10(2)8-16-13/h8-9,12H,4-7H2,1-3H3. The Bertz CT molecular complexity index is 554. The van der Waals surface area contributed by atoms with E-state index in [1.54, 1.807) is 13.8 Å². The summed E-state index contributed by atoms with van der Waals surface area (Å²) in [5.41, 5.74) is 1.99. The molecule has 5 heteroatoms. The molecule has 0 amide bonds. The molecule has 0 bridgehead atoms. The van der Waals surface area contributed by atoms with Crippen LogP contribution in [0.1, 0.15) is 43.0 Å². The van der Waals surface area contributed by atoms with Gasteiger partial charge in [0.15, 0.2) is 0 Å². The van der Waals surface area contributed by atoms with Gasteiger partial charge in [-0.05, 0) is 39.0 Å². The van der Waals surface area contributed by atoms with Gasteiger partial charge < -0.3 is 0 Å². The van der Waals surface area contributed by atoms with Crippen LogP contribution < -0.4 is 0 Å². The number of aromatic nitrogens is 1. The molecule has 2 unspecified atom stereocenters. The van der Waals surface area contributed by atoms with E-state index in [1.807, 2.05) is 0 Å². The van der Waals surface area contributed by atoms with Gasteiger partial charge in [0.2, 0.25) is 0 Å². The van der Waals surface area contributed by atoms with Gasteiger partial charge in [0.05, 0.1) is 10.6 Å². The molecule has 5 nitrogen and oxygen atoms in total. The molecule has 1 aliphatic carbocycles. The first-order chi connectivity index (χ1) is 9.40. The number of nitrogens with zero attached hydrogens (tertiary/aromatic N) is 2. The highest BCUT2D eigenvalue weighted by Gasteiger charge is 2.28. The van der Waals surface area contributed by atoms with Crippen LogP contribution in [-0.2, 0) is 11.2 Å². The number of aryl methyl sites for hydroxylation is 1. The van der Waals surface area contributed by atoms with Crippen LogP contribution in [0.4, 0.5) is 5.69 Å². The maximum Gasteiger partial charge on any atom is 0.278 e. The van der Waals surface area contributed by atoms with Crippen molar-refractivity contribution in [2.24, 2.45) is 11.8 Å². The second-order valence-electron chi connectivity index (χ2n) is 5.87. The molecule has 1 fully saturated rings. The van der Waals surface area contributed by atoms with Crippen LogP contribution in [-0.4, -0.2) is 15.7 Å². The molecule has 0 N–H and O–H groups in total. The lowest BCUT2D eigenvalue weighted by molar-refractivity contribution is -0.386. The van der Waals surface area contributed by atoms with E-state index in [0.717, 1.165) is 12.8 Å². The molecule has 1 aliphatic rings. The lowest BCUT2D eigenvalue weighted by Crippen LogP contribution is -2.26. The van der Waals surface area contributed by atoms with Crippen LogP contribution in [0.5, 0.6) is 0 Å². The van der Waals surface area contributed by atoms with E-state index in [4.69, 9.17) is 0 Å². The summed E-state index contributed by atoms with van der Waals surface area (Å²) in [6.45, 7) is 5.57. The van der Waals surface area contributed by atoms with Crippen molar-refractivity contribution in [1.29, 1.82) is 0 Å². The van der Waals surface area contributed by atoms with Crippen molar-refractivity contribution in [2.75, 3.05) is 0 Å². The summed E-state index contributed by atoms with van der Waals surface area (Å²) >= 11 is 0. The molecule has 1 aromatic rings. The van der Waals surface area contributed by atoms with Gasteiger partial charge in [-0.15, -0.1) is 0 Å². The minimum Gasteiger partial charge on any atom is -0.299 e. The van der Waals surface area contributed by atoms with E-state index < -0.39 is 0 Å². The minimum atomic E-state index is -0.360. The van der Waals surface area contributed by atoms with E-state index in [-0.39, 0.29) is 22.3 Å². The normalized spacial score (nSPS) is 22.9. The molecule has 0 aromatic carbocycles. The van der Waals surface area contributed by atoms with Crippen molar-refractivity contribution in [2.45, 2.75) is 46.5 Å². The average Bonchev–Trinajstić information content (AvgIpc) is 2.37. The van der Waals surface area contributed by atoms with Crippen LogP contribution in [0, 0.1) is 35.8 Å². The number of hydrogen-bond donors (Lipinski definition) is 0. The number of hydrogen-bond acceptors (Lipinski definition) is 4. The van der Waals surface area contributed by atoms with Crippen LogP contribution in [0.2, 0.25) is 0 Å². The van der Waals surface area contributed by atoms with E-state index >= 15 is 0 Å². The third-order valence-corrected chi connectivity index (χ3v) is 4.22. The predicted octanol–water partition coefficient (Wildman–Crippen LogP) is 3.15. The molecule has 108 valence electrons. The molecular formula is C15H20N2O3. The molecule has 2 rings (SSSR count). The number of carbonyl (C=O) groups excluding carboxylic acids is 1. The SMILES string of the molecule is Cc1cnc(CC2CC(C)CCC2=O)c(C)c1[N+](=O)[O-]. The number of rotatable bonds is 3. The van der Waals surface area contributed by atoms with Crippen molar-refractivity contribution in [3.63, 3.8) is 0 Å². The summed E-state index contributed by atoms with van der Waals surface area (Å²) in [5.74, 6) is 0.776. The first-order valence-electron chi connectivity index (χ1n) is 7.02. The quantitative estimate of drug-likeness (QED) is 0.628. The van der Waals surface area contributed by atoms with Gasteiger partial charge in [0.1, 0.15) is 5.78 Å². The van der Waals surface area contributed by atoms with Crippen LogP contribution in [0.15, 0.2) is 6.20 Å². The summed E-state index contributed by atoms with van der Waals surface area (Å²) in [6, 6.07) is 0. The van der Waals surface area contributed by atoms with E-state index in [1.165, 1.54) is 6.20 Å². The Morgan fingerprint density at radius 2 is 2.15 bits per heavy atom. The molecule has 0 radical (unpaired) electrons. The van der Waals surface area contributed by atoms with E-state index in [2.05, 4.69) is 11.9 Å². The third-order valence-electron chi connectivity index (χ3n) is 4.22. The number of Topliss-reactive ketones (excluding diaryl/α,β-unsaturated/α-hetero) is 1. The van der Waals surface area contributed by atoms with Gasteiger partial charge in [-0.2, -0.15) is 0 Å². The molecule has 0 saturated heterocycles. The summed E-state index contributed by atoms with van der Waals surface area (Å²) in [7, 11) is 0. The largest absolute Gasteiger partial charge is 0.299 e. The number of pyridine rings is 1. The number of ketones is 1. The fraction of sp³-hybridized carbons (Fsp3) is 0.600. The molecule has 20 heavy (non-hydrogen) atoms. The van der Waals surface area contributed by atoms with Gasteiger partial charge in [0.25, 0.3) is 5.69 Å². The predicted molar refractivity (Wildman–Crippen MR) is 75.6 cm³/mol. The Balaban J connectivity index is 2.27. The number of carbonyl (C=O) groups is 1. The zero-order valence-corrected chi connectivity index (χ0v) is 12.2. The average molecular weight is 276 g/mol. The first-order valence-corrected chi connectivity index (χ1v) is 7.02. The Morgan fingerprint density at radius 1 is 1.45 bits per heavy atom. The monoisotopic (exact) mass is 276 g/mol. The molecule has 0 spiro atoms. The minimum absolute atomic E-state index is 0.0349. The summed E-state index contributed by atoms with van der Waals surface area (Å²) < 4.78 is 0. The first kappa shape index (κ1) is 14.6. The second-order valence-corrected chi connectivity index (χ2v) is 5.87. The molecule has 1 saturated carbocycles. The van der Waals surface area contributed by atoms with Gasteiger partial charge in [-0.1, -0.05) is 6.92 Å². The van der Waals surface area contributed by atoms with Gasteiger partial charge >= 0.3 is 0 Å². The Hall–Kier alpha value is -1.78. The Kier molecular flexibility index (Phi) is 4.16. The zero-order chi connectivity index (χ0) is 14.9. The van der Waals surface area contributed by atoms with Crippen LogP contribution in [0.25, 0.3) is 0 Å². The lowest BCUT2D eigenvalue weighted by Gasteiger charge is -2.25. The van der Waals surface area contributed by atoms with E-state index in [0.29, 0.717) is 35.6 Å².